The predicted octanol–water partition coefficient (Wildman–Crippen LogP) is 1.66. The lowest BCUT2D eigenvalue weighted by Crippen LogP contribution is -2.26. The first kappa shape index (κ1) is 13.7. The van der Waals surface area contributed by atoms with Gasteiger partial charge in [0.15, 0.2) is 0 Å². The number of nitrogens with zero attached hydrogens (tertiary/aromatic N) is 1. The number of aromatic nitrogens is 1. The fourth-order valence-electron chi connectivity index (χ4n) is 1.62. The second kappa shape index (κ2) is 6.42. The van der Waals surface area contributed by atoms with Crippen LogP contribution in [0, 0.1) is 0 Å². The fourth-order valence-corrected chi connectivity index (χ4v) is 1.62. The molecule has 0 aliphatic carbocycles. The van der Waals surface area contributed by atoms with Crippen LogP contribution in [-0.2, 0) is 9.53 Å². The SMILES string of the molecule is CNc1ccc(NC(=O)[C@@H]2CCCO2)cn1.Cl. The predicted molar refractivity (Wildman–Crippen MR) is 68.6 cm³/mol. The molecule has 1 aromatic rings. The van der Waals surface area contributed by atoms with Gasteiger partial charge in [0.1, 0.15) is 11.9 Å². The molecule has 17 heavy (non-hydrogen) atoms. The molecule has 2 N–H and O–H groups in total. The minimum absolute atomic E-state index is 0. The molecule has 1 aliphatic heterocycles. The Balaban J connectivity index is 0.00000144. The molecule has 5 nitrogen and oxygen atoms in total. The highest BCUT2D eigenvalue weighted by Crippen LogP contribution is 2.15. The van der Waals surface area contributed by atoms with Crippen molar-refractivity contribution < 1.29 is 9.53 Å². The molecule has 0 aromatic carbocycles. The van der Waals surface area contributed by atoms with Gasteiger partial charge in [0, 0.05) is 13.7 Å². The first-order valence-electron chi connectivity index (χ1n) is 5.36. The average Bonchev–Trinajstić information content (AvgIpc) is 2.83. The molecule has 1 fully saturated rings. The summed E-state index contributed by atoms with van der Waals surface area (Å²) >= 11 is 0. The van der Waals surface area contributed by atoms with Crippen LogP contribution in [0.4, 0.5) is 11.5 Å². The van der Waals surface area contributed by atoms with E-state index in [-0.39, 0.29) is 24.4 Å². The molecular weight excluding hydrogens is 242 g/mol. The minimum Gasteiger partial charge on any atom is -0.373 e. The maximum atomic E-state index is 11.7. The number of pyridine rings is 1. The summed E-state index contributed by atoms with van der Waals surface area (Å²) in [6, 6.07) is 3.62. The zero-order valence-corrected chi connectivity index (χ0v) is 10.4. The van der Waals surface area contributed by atoms with Crippen LogP contribution in [0.15, 0.2) is 18.3 Å². The molecular formula is C11H16ClN3O2. The van der Waals surface area contributed by atoms with E-state index in [9.17, 15) is 4.79 Å². The minimum atomic E-state index is -0.302. The highest BCUT2D eigenvalue weighted by molar-refractivity contribution is 5.94. The lowest BCUT2D eigenvalue weighted by molar-refractivity contribution is -0.124. The Morgan fingerprint density at radius 3 is 2.88 bits per heavy atom. The first-order valence-corrected chi connectivity index (χ1v) is 5.36. The number of carbonyl (C=O) groups excluding carboxylic acids is 1. The monoisotopic (exact) mass is 257 g/mol. The van der Waals surface area contributed by atoms with Gasteiger partial charge in [-0.15, -0.1) is 12.4 Å². The summed E-state index contributed by atoms with van der Waals surface area (Å²) in [5.41, 5.74) is 0.694. The second-order valence-electron chi connectivity index (χ2n) is 3.67. The van der Waals surface area contributed by atoms with E-state index in [1.165, 1.54) is 0 Å². The maximum Gasteiger partial charge on any atom is 0.253 e. The molecule has 6 heteroatoms. The standard InChI is InChI=1S/C11H15N3O2.ClH/c1-12-10-5-4-8(7-13-10)14-11(15)9-3-2-6-16-9;/h4-5,7,9H,2-3,6H2,1H3,(H,12,13)(H,14,15);1H/t9-;/m0./s1. The van der Waals surface area contributed by atoms with Gasteiger partial charge in [-0.05, 0) is 25.0 Å². The average molecular weight is 258 g/mol. The van der Waals surface area contributed by atoms with Gasteiger partial charge in [0.05, 0.1) is 11.9 Å². The van der Waals surface area contributed by atoms with Crippen molar-refractivity contribution in [2.75, 3.05) is 24.3 Å². The van der Waals surface area contributed by atoms with Gasteiger partial charge >= 0.3 is 0 Å². The van der Waals surface area contributed by atoms with E-state index < -0.39 is 0 Å². The molecule has 94 valence electrons. The van der Waals surface area contributed by atoms with Crippen molar-refractivity contribution in [1.29, 1.82) is 0 Å². The van der Waals surface area contributed by atoms with E-state index in [1.54, 1.807) is 13.2 Å². The summed E-state index contributed by atoms with van der Waals surface area (Å²) in [6.07, 6.45) is 3.07. The summed E-state index contributed by atoms with van der Waals surface area (Å²) in [7, 11) is 1.80. The van der Waals surface area contributed by atoms with Crippen LogP contribution in [0.1, 0.15) is 12.8 Å². The number of anilines is 2. The Bertz CT molecular complexity index is 363. The smallest absolute Gasteiger partial charge is 0.253 e. The summed E-state index contributed by atoms with van der Waals surface area (Å²) in [5, 5.41) is 5.70. The molecule has 0 unspecified atom stereocenters. The zero-order chi connectivity index (χ0) is 11.4. The molecule has 0 saturated carbocycles. The van der Waals surface area contributed by atoms with Gasteiger partial charge in [-0.1, -0.05) is 0 Å². The Kier molecular flexibility index (Phi) is 5.18. The number of amides is 1. The van der Waals surface area contributed by atoms with Crippen LogP contribution in [0.25, 0.3) is 0 Å². The van der Waals surface area contributed by atoms with Crippen LogP contribution in [0.5, 0.6) is 0 Å². The van der Waals surface area contributed by atoms with Gasteiger partial charge < -0.3 is 15.4 Å². The maximum absolute atomic E-state index is 11.7. The molecule has 2 rings (SSSR count). The van der Waals surface area contributed by atoms with Crippen molar-refractivity contribution in [2.45, 2.75) is 18.9 Å². The van der Waals surface area contributed by atoms with Crippen LogP contribution in [-0.4, -0.2) is 30.6 Å². The number of nitrogens with one attached hydrogen (secondary N) is 2. The Labute approximate surface area is 106 Å². The summed E-state index contributed by atoms with van der Waals surface area (Å²) in [4.78, 5) is 15.8. The molecule has 1 saturated heterocycles. The number of ether oxygens (including phenoxy) is 1. The summed E-state index contributed by atoms with van der Waals surface area (Å²) in [5.74, 6) is 0.687. The number of hydrogen-bond acceptors (Lipinski definition) is 4. The lowest BCUT2D eigenvalue weighted by atomic mass is 10.2. The third-order valence-corrected chi connectivity index (χ3v) is 2.51. The molecule has 0 bridgehead atoms. The van der Waals surface area contributed by atoms with Crippen molar-refractivity contribution in [3.63, 3.8) is 0 Å². The van der Waals surface area contributed by atoms with Crippen molar-refractivity contribution in [3.8, 4) is 0 Å². The second-order valence-corrected chi connectivity index (χ2v) is 3.67. The first-order chi connectivity index (χ1) is 7.79. The number of halogens is 1. The molecule has 1 aromatic heterocycles. The number of hydrogen-bond donors (Lipinski definition) is 2. The fraction of sp³-hybridized carbons (Fsp3) is 0.455. The van der Waals surface area contributed by atoms with E-state index in [0.717, 1.165) is 18.7 Å². The third-order valence-electron chi connectivity index (χ3n) is 2.51. The quantitative estimate of drug-likeness (QED) is 0.865. The highest BCUT2D eigenvalue weighted by atomic mass is 35.5. The van der Waals surface area contributed by atoms with Crippen LogP contribution in [0.3, 0.4) is 0 Å². The molecule has 1 amide bonds. The van der Waals surface area contributed by atoms with Crippen LogP contribution < -0.4 is 10.6 Å². The van der Waals surface area contributed by atoms with Crippen molar-refractivity contribution in [1.82, 2.24) is 4.98 Å². The number of rotatable bonds is 3. The van der Waals surface area contributed by atoms with Crippen LogP contribution in [0.2, 0.25) is 0 Å². The normalized spacial score (nSPS) is 18.3. The Morgan fingerprint density at radius 1 is 1.53 bits per heavy atom. The molecule has 1 aliphatic rings. The number of carbonyl (C=O) groups is 1. The van der Waals surface area contributed by atoms with Crippen molar-refractivity contribution in [3.05, 3.63) is 18.3 Å². The molecule has 0 spiro atoms. The molecule has 0 radical (unpaired) electrons. The van der Waals surface area contributed by atoms with E-state index >= 15 is 0 Å². The van der Waals surface area contributed by atoms with Gasteiger partial charge in [0.25, 0.3) is 5.91 Å². The van der Waals surface area contributed by atoms with Gasteiger partial charge in [-0.3, -0.25) is 4.79 Å². The Morgan fingerprint density at radius 2 is 2.35 bits per heavy atom. The third kappa shape index (κ3) is 3.57. The van der Waals surface area contributed by atoms with Gasteiger partial charge in [-0.2, -0.15) is 0 Å². The zero-order valence-electron chi connectivity index (χ0n) is 9.60. The molecule has 1 atom stereocenters. The van der Waals surface area contributed by atoms with Crippen molar-refractivity contribution >= 4 is 29.8 Å². The lowest BCUT2D eigenvalue weighted by Gasteiger charge is -2.10. The molecule has 2 heterocycles. The van der Waals surface area contributed by atoms with Gasteiger partial charge in [0.2, 0.25) is 0 Å². The van der Waals surface area contributed by atoms with E-state index in [1.807, 2.05) is 12.1 Å². The largest absolute Gasteiger partial charge is 0.373 e. The van der Waals surface area contributed by atoms with E-state index in [0.29, 0.717) is 12.3 Å². The van der Waals surface area contributed by atoms with E-state index in [4.69, 9.17) is 4.74 Å². The Hall–Kier alpha value is -1.33. The summed E-state index contributed by atoms with van der Waals surface area (Å²) in [6.45, 7) is 0.676. The van der Waals surface area contributed by atoms with E-state index in [2.05, 4.69) is 15.6 Å². The highest BCUT2D eigenvalue weighted by Gasteiger charge is 2.23. The van der Waals surface area contributed by atoms with Gasteiger partial charge in [-0.25, -0.2) is 4.98 Å². The summed E-state index contributed by atoms with van der Waals surface area (Å²) < 4.78 is 5.29. The van der Waals surface area contributed by atoms with Crippen molar-refractivity contribution in [2.24, 2.45) is 0 Å². The van der Waals surface area contributed by atoms with Crippen LogP contribution >= 0.6 is 12.4 Å². The topological polar surface area (TPSA) is 63.2 Å².